The predicted molar refractivity (Wildman–Crippen MR) is 67.2 cm³/mol. The van der Waals surface area contributed by atoms with Crippen LogP contribution in [-0.2, 0) is 4.79 Å². The lowest BCUT2D eigenvalue weighted by Gasteiger charge is -2.08. The molecule has 0 aliphatic rings. The third-order valence-electron chi connectivity index (χ3n) is 2.36. The lowest BCUT2D eigenvalue weighted by Crippen LogP contribution is -2.15. The molecule has 15 heavy (non-hydrogen) atoms. The van der Waals surface area contributed by atoms with Crippen LogP contribution in [-0.4, -0.2) is 16.3 Å². The van der Waals surface area contributed by atoms with E-state index in [4.69, 9.17) is 5.11 Å². The average molecular weight is 230 g/mol. The van der Waals surface area contributed by atoms with Crippen molar-refractivity contribution in [1.29, 1.82) is 0 Å². The van der Waals surface area contributed by atoms with Crippen molar-refractivity contribution in [2.75, 3.05) is 0 Å². The summed E-state index contributed by atoms with van der Waals surface area (Å²) in [6.45, 7) is 5.75. The summed E-state index contributed by atoms with van der Waals surface area (Å²) in [6, 6.07) is 0. The summed E-state index contributed by atoms with van der Waals surface area (Å²) in [7, 11) is 0. The van der Waals surface area contributed by atoms with Crippen LogP contribution in [0.3, 0.4) is 0 Å². The molecule has 0 aliphatic heterocycles. The first-order chi connectivity index (χ1) is 7.22. The van der Waals surface area contributed by atoms with Gasteiger partial charge in [-0.25, -0.2) is 0 Å². The van der Waals surface area contributed by atoms with Crippen molar-refractivity contribution in [3.63, 3.8) is 0 Å². The Bertz CT molecular complexity index is 180. The second kappa shape index (κ2) is 10.1. The molecule has 0 aliphatic carbocycles. The van der Waals surface area contributed by atoms with Gasteiger partial charge in [0.25, 0.3) is 0 Å². The number of carbonyl (C=O) groups is 1. The van der Waals surface area contributed by atoms with E-state index in [-0.39, 0.29) is 5.25 Å². The van der Waals surface area contributed by atoms with E-state index in [9.17, 15) is 4.79 Å². The molecule has 0 aromatic heterocycles. The largest absolute Gasteiger partial charge is 0.480 e. The molecule has 1 unspecified atom stereocenters. The van der Waals surface area contributed by atoms with Crippen molar-refractivity contribution >= 4 is 17.7 Å². The van der Waals surface area contributed by atoms with Gasteiger partial charge in [-0.15, -0.1) is 11.8 Å². The van der Waals surface area contributed by atoms with Crippen LogP contribution in [0, 0.1) is 0 Å². The van der Waals surface area contributed by atoms with E-state index in [1.54, 1.807) is 5.41 Å². The third-order valence-corrected chi connectivity index (χ3v) is 3.31. The van der Waals surface area contributed by atoms with Crippen molar-refractivity contribution in [2.45, 2.75) is 57.1 Å². The van der Waals surface area contributed by atoms with E-state index in [1.165, 1.54) is 37.4 Å². The number of aliphatic carboxylic acids is 1. The Labute approximate surface area is 97.1 Å². The second-order valence-corrected chi connectivity index (χ2v) is 4.86. The SMILES string of the molecule is C=CSC(CCCCCCCC)C(=O)O. The number of carboxylic acid groups (broad SMARTS) is 1. The van der Waals surface area contributed by atoms with Crippen LogP contribution in [0.15, 0.2) is 12.0 Å². The molecule has 0 fully saturated rings. The van der Waals surface area contributed by atoms with Crippen molar-refractivity contribution in [3.8, 4) is 0 Å². The van der Waals surface area contributed by atoms with Crippen LogP contribution >= 0.6 is 11.8 Å². The fourth-order valence-corrected chi connectivity index (χ4v) is 2.13. The van der Waals surface area contributed by atoms with Crippen LogP contribution in [0.4, 0.5) is 0 Å². The second-order valence-electron chi connectivity index (χ2n) is 3.69. The maximum absolute atomic E-state index is 10.8. The number of hydrogen-bond acceptors (Lipinski definition) is 2. The minimum atomic E-state index is -0.714. The first-order valence-electron chi connectivity index (χ1n) is 5.71. The van der Waals surface area contributed by atoms with Crippen LogP contribution in [0.2, 0.25) is 0 Å². The molecule has 0 saturated heterocycles. The molecule has 0 amide bonds. The van der Waals surface area contributed by atoms with E-state index in [0.29, 0.717) is 0 Å². The third kappa shape index (κ3) is 8.55. The highest BCUT2D eigenvalue weighted by Gasteiger charge is 2.15. The molecular weight excluding hydrogens is 208 g/mol. The monoisotopic (exact) mass is 230 g/mol. The van der Waals surface area contributed by atoms with E-state index in [1.807, 2.05) is 0 Å². The van der Waals surface area contributed by atoms with Crippen molar-refractivity contribution < 1.29 is 9.90 Å². The topological polar surface area (TPSA) is 37.3 Å². The number of rotatable bonds is 10. The lowest BCUT2D eigenvalue weighted by molar-refractivity contribution is -0.136. The molecule has 0 saturated carbocycles. The van der Waals surface area contributed by atoms with Gasteiger partial charge in [0.15, 0.2) is 0 Å². The van der Waals surface area contributed by atoms with Gasteiger partial charge in [0, 0.05) is 0 Å². The van der Waals surface area contributed by atoms with Gasteiger partial charge in [0.1, 0.15) is 5.25 Å². The molecule has 3 heteroatoms. The first kappa shape index (κ1) is 14.6. The van der Waals surface area contributed by atoms with Gasteiger partial charge >= 0.3 is 5.97 Å². The molecule has 2 nitrogen and oxygen atoms in total. The highest BCUT2D eigenvalue weighted by molar-refractivity contribution is 8.03. The molecule has 88 valence electrons. The Hall–Kier alpha value is -0.440. The molecule has 0 rings (SSSR count). The van der Waals surface area contributed by atoms with E-state index in [2.05, 4.69) is 13.5 Å². The van der Waals surface area contributed by atoms with Gasteiger partial charge in [-0.05, 0) is 11.8 Å². The Morgan fingerprint density at radius 1 is 1.33 bits per heavy atom. The number of hydrogen-bond donors (Lipinski definition) is 1. The van der Waals surface area contributed by atoms with Gasteiger partial charge in [0.2, 0.25) is 0 Å². The zero-order valence-electron chi connectivity index (χ0n) is 9.58. The van der Waals surface area contributed by atoms with E-state index >= 15 is 0 Å². The summed E-state index contributed by atoms with van der Waals surface area (Å²) in [5, 5.41) is 10.2. The quantitative estimate of drug-likeness (QED) is 0.575. The van der Waals surface area contributed by atoms with Gasteiger partial charge in [0.05, 0.1) is 0 Å². The highest BCUT2D eigenvalue weighted by atomic mass is 32.2. The minimum absolute atomic E-state index is 0.298. The molecule has 0 aromatic rings. The molecule has 0 spiro atoms. The standard InChI is InChI=1S/C12H22O2S/c1-3-5-6-7-8-9-10-11(12(13)14)15-4-2/h4,11H,2-3,5-10H2,1H3,(H,13,14). The number of carboxylic acids is 1. The average Bonchev–Trinajstić information content (AvgIpc) is 2.21. The summed E-state index contributed by atoms with van der Waals surface area (Å²) in [5.74, 6) is -0.714. The van der Waals surface area contributed by atoms with Crippen LogP contribution in [0.5, 0.6) is 0 Å². The normalized spacial score (nSPS) is 12.3. The zero-order chi connectivity index (χ0) is 11.5. The number of unbranched alkanes of at least 4 members (excludes halogenated alkanes) is 5. The summed E-state index contributed by atoms with van der Waals surface area (Å²) < 4.78 is 0. The number of thioether (sulfide) groups is 1. The molecular formula is C12H22O2S. The van der Waals surface area contributed by atoms with Crippen molar-refractivity contribution in [2.24, 2.45) is 0 Å². The van der Waals surface area contributed by atoms with Crippen LogP contribution in [0.25, 0.3) is 0 Å². The summed E-state index contributed by atoms with van der Waals surface area (Å²) in [6.07, 6.45) is 8.00. The maximum Gasteiger partial charge on any atom is 0.316 e. The van der Waals surface area contributed by atoms with Crippen LogP contribution < -0.4 is 0 Å². The Kier molecular flexibility index (Phi) is 9.79. The van der Waals surface area contributed by atoms with E-state index < -0.39 is 5.97 Å². The lowest BCUT2D eigenvalue weighted by atomic mass is 10.1. The smallest absolute Gasteiger partial charge is 0.316 e. The Morgan fingerprint density at radius 2 is 1.93 bits per heavy atom. The summed E-state index contributed by atoms with van der Waals surface area (Å²) >= 11 is 1.32. The van der Waals surface area contributed by atoms with Gasteiger partial charge < -0.3 is 5.11 Å². The van der Waals surface area contributed by atoms with E-state index in [0.717, 1.165) is 19.3 Å². The molecule has 1 N–H and O–H groups in total. The van der Waals surface area contributed by atoms with Crippen molar-refractivity contribution in [3.05, 3.63) is 12.0 Å². The Balaban J connectivity index is 3.45. The molecule has 0 heterocycles. The zero-order valence-corrected chi connectivity index (χ0v) is 10.4. The first-order valence-corrected chi connectivity index (χ1v) is 6.65. The predicted octanol–water partition coefficient (Wildman–Crippen LogP) is 4.07. The highest BCUT2D eigenvalue weighted by Crippen LogP contribution is 2.19. The minimum Gasteiger partial charge on any atom is -0.480 e. The molecule has 1 atom stereocenters. The Morgan fingerprint density at radius 3 is 2.47 bits per heavy atom. The van der Waals surface area contributed by atoms with Gasteiger partial charge in [-0.3, -0.25) is 4.79 Å². The van der Waals surface area contributed by atoms with Gasteiger partial charge in [-0.2, -0.15) is 0 Å². The fourth-order valence-electron chi connectivity index (χ4n) is 1.48. The molecule has 0 radical (unpaired) electrons. The summed E-state index contributed by atoms with van der Waals surface area (Å²) in [5.41, 5.74) is 0. The molecule has 0 bridgehead atoms. The van der Waals surface area contributed by atoms with Crippen LogP contribution in [0.1, 0.15) is 51.9 Å². The molecule has 0 aromatic carbocycles. The van der Waals surface area contributed by atoms with Crippen molar-refractivity contribution in [1.82, 2.24) is 0 Å². The fraction of sp³-hybridized carbons (Fsp3) is 0.750. The van der Waals surface area contributed by atoms with Gasteiger partial charge in [-0.1, -0.05) is 52.0 Å². The maximum atomic E-state index is 10.8. The summed E-state index contributed by atoms with van der Waals surface area (Å²) in [4.78, 5) is 10.8.